The molecule has 1 atom stereocenters. The average molecular weight is 343 g/mol. The fourth-order valence-electron chi connectivity index (χ4n) is 4.60. The highest BCUT2D eigenvalue weighted by Gasteiger charge is 2.44. The molecule has 1 saturated carbocycles. The maximum Gasteiger partial charge on any atom is 0.184 e. The van der Waals surface area contributed by atoms with Gasteiger partial charge in [0, 0.05) is 31.7 Å². The molecule has 2 aromatic rings. The van der Waals surface area contributed by atoms with Gasteiger partial charge in [-0.3, -0.25) is 0 Å². The summed E-state index contributed by atoms with van der Waals surface area (Å²) in [6.45, 7) is 4.35. The lowest BCUT2D eigenvalue weighted by Crippen LogP contribution is -2.43. The molecule has 3 fully saturated rings. The number of hydrogen-bond acceptors (Lipinski definition) is 7. The van der Waals surface area contributed by atoms with E-state index in [0.717, 1.165) is 69.1 Å². The molecule has 25 heavy (non-hydrogen) atoms. The number of fused-ring (bicyclic) bond motifs is 1. The summed E-state index contributed by atoms with van der Waals surface area (Å²) in [7, 11) is 0. The molecule has 2 aromatic heterocycles. The topological polar surface area (TPSA) is 95.0 Å². The van der Waals surface area contributed by atoms with Gasteiger partial charge in [0.15, 0.2) is 17.0 Å². The molecule has 8 heteroatoms. The van der Waals surface area contributed by atoms with Gasteiger partial charge in [-0.1, -0.05) is 5.21 Å². The van der Waals surface area contributed by atoms with Crippen LogP contribution in [-0.2, 0) is 4.74 Å². The number of hydrogen-bond donors (Lipinski definition) is 1. The molecular formula is C17H25N7O. The minimum atomic E-state index is 0.160. The SMILES string of the molecule is NCC1(C2CCOCC2)CCN(c2ncnc3c2nnn3C2CC2)C1. The molecule has 134 valence electrons. The molecule has 3 aliphatic rings. The minimum Gasteiger partial charge on any atom is -0.381 e. The van der Waals surface area contributed by atoms with Crippen molar-refractivity contribution in [3.05, 3.63) is 6.33 Å². The summed E-state index contributed by atoms with van der Waals surface area (Å²) in [5.41, 5.74) is 8.13. The van der Waals surface area contributed by atoms with Gasteiger partial charge in [-0.25, -0.2) is 14.6 Å². The quantitative estimate of drug-likeness (QED) is 0.889. The van der Waals surface area contributed by atoms with E-state index in [0.29, 0.717) is 12.0 Å². The molecule has 0 bridgehead atoms. The molecule has 0 radical (unpaired) electrons. The largest absolute Gasteiger partial charge is 0.381 e. The number of nitrogens with two attached hydrogens (primary N) is 1. The molecule has 2 saturated heterocycles. The number of nitrogens with zero attached hydrogens (tertiary/aromatic N) is 6. The van der Waals surface area contributed by atoms with Gasteiger partial charge < -0.3 is 15.4 Å². The van der Waals surface area contributed by atoms with Gasteiger partial charge in [0.25, 0.3) is 0 Å². The Morgan fingerprint density at radius 2 is 2.04 bits per heavy atom. The Labute approximate surface area is 146 Å². The van der Waals surface area contributed by atoms with E-state index in [-0.39, 0.29) is 5.41 Å². The number of rotatable bonds is 4. The summed E-state index contributed by atoms with van der Waals surface area (Å²) >= 11 is 0. The van der Waals surface area contributed by atoms with Crippen molar-refractivity contribution in [1.29, 1.82) is 0 Å². The third kappa shape index (κ3) is 2.50. The van der Waals surface area contributed by atoms with Crippen LogP contribution in [0.5, 0.6) is 0 Å². The number of anilines is 1. The molecule has 5 rings (SSSR count). The smallest absolute Gasteiger partial charge is 0.184 e. The first-order valence-electron chi connectivity index (χ1n) is 9.39. The van der Waals surface area contributed by atoms with Crippen molar-refractivity contribution in [2.24, 2.45) is 17.1 Å². The van der Waals surface area contributed by atoms with Crippen molar-refractivity contribution in [3.8, 4) is 0 Å². The highest BCUT2D eigenvalue weighted by molar-refractivity contribution is 5.82. The van der Waals surface area contributed by atoms with Gasteiger partial charge in [0.2, 0.25) is 0 Å². The van der Waals surface area contributed by atoms with Crippen molar-refractivity contribution >= 4 is 17.0 Å². The van der Waals surface area contributed by atoms with Crippen LogP contribution in [0.3, 0.4) is 0 Å². The second-order valence-corrected chi connectivity index (χ2v) is 7.76. The second kappa shape index (κ2) is 5.88. The standard InChI is InChI=1S/C17H25N7O/c18-9-17(12-3-7-25-8-4-12)5-6-23(10-17)15-14-16(20-11-19-15)24(22-21-14)13-1-2-13/h11-13H,1-10,18H2. The van der Waals surface area contributed by atoms with E-state index >= 15 is 0 Å². The lowest BCUT2D eigenvalue weighted by Gasteiger charge is -2.39. The Kier molecular flexibility index (Phi) is 3.63. The molecule has 8 nitrogen and oxygen atoms in total. The summed E-state index contributed by atoms with van der Waals surface area (Å²) in [4.78, 5) is 11.3. The number of aromatic nitrogens is 5. The van der Waals surface area contributed by atoms with Gasteiger partial charge >= 0.3 is 0 Å². The Hall–Kier alpha value is -1.80. The average Bonchev–Trinajstić information content (AvgIpc) is 3.27. The maximum absolute atomic E-state index is 6.27. The highest BCUT2D eigenvalue weighted by atomic mass is 16.5. The molecule has 2 N–H and O–H groups in total. The normalized spacial score (nSPS) is 28.1. The summed E-state index contributed by atoms with van der Waals surface area (Å²) in [5, 5.41) is 8.74. The third-order valence-corrected chi connectivity index (χ3v) is 6.31. The predicted molar refractivity (Wildman–Crippen MR) is 93.2 cm³/mol. The van der Waals surface area contributed by atoms with Crippen molar-refractivity contribution in [1.82, 2.24) is 25.0 Å². The zero-order valence-corrected chi connectivity index (χ0v) is 14.5. The lowest BCUT2D eigenvalue weighted by atomic mass is 9.71. The van der Waals surface area contributed by atoms with Crippen LogP contribution in [-0.4, -0.2) is 57.8 Å². The zero-order valence-electron chi connectivity index (χ0n) is 14.5. The second-order valence-electron chi connectivity index (χ2n) is 7.76. The first-order chi connectivity index (χ1) is 12.3. The summed E-state index contributed by atoms with van der Waals surface area (Å²) in [5.74, 6) is 1.55. The van der Waals surface area contributed by atoms with Crippen LogP contribution in [0.15, 0.2) is 6.33 Å². The molecule has 2 aliphatic heterocycles. The highest BCUT2D eigenvalue weighted by Crippen LogP contribution is 2.44. The molecule has 4 heterocycles. The van der Waals surface area contributed by atoms with E-state index in [1.807, 2.05) is 4.68 Å². The van der Waals surface area contributed by atoms with Gasteiger partial charge in [0.05, 0.1) is 6.04 Å². The van der Waals surface area contributed by atoms with Gasteiger partial charge in [-0.15, -0.1) is 5.10 Å². The predicted octanol–water partition coefficient (Wildman–Crippen LogP) is 1.14. The summed E-state index contributed by atoms with van der Waals surface area (Å²) in [6.07, 6.45) is 7.32. The van der Waals surface area contributed by atoms with E-state index < -0.39 is 0 Å². The molecule has 0 aromatic carbocycles. The van der Waals surface area contributed by atoms with Crippen molar-refractivity contribution in [2.75, 3.05) is 37.7 Å². The minimum absolute atomic E-state index is 0.160. The van der Waals surface area contributed by atoms with Crippen LogP contribution in [0.4, 0.5) is 5.82 Å². The van der Waals surface area contributed by atoms with Crippen LogP contribution in [0.1, 0.15) is 38.1 Å². The summed E-state index contributed by atoms with van der Waals surface area (Å²) < 4.78 is 7.52. The van der Waals surface area contributed by atoms with Gasteiger partial charge in [-0.05, 0) is 44.6 Å². The van der Waals surface area contributed by atoms with Crippen LogP contribution in [0.2, 0.25) is 0 Å². The van der Waals surface area contributed by atoms with Crippen molar-refractivity contribution in [3.63, 3.8) is 0 Å². The fraction of sp³-hybridized carbons (Fsp3) is 0.765. The molecule has 1 unspecified atom stereocenters. The maximum atomic E-state index is 6.27. The van der Waals surface area contributed by atoms with E-state index in [9.17, 15) is 0 Å². The van der Waals surface area contributed by atoms with E-state index in [4.69, 9.17) is 10.5 Å². The molecule has 0 spiro atoms. The molecule has 0 amide bonds. The van der Waals surface area contributed by atoms with Crippen molar-refractivity contribution in [2.45, 2.75) is 38.1 Å². The van der Waals surface area contributed by atoms with E-state index in [2.05, 4.69) is 25.2 Å². The van der Waals surface area contributed by atoms with Gasteiger partial charge in [-0.2, -0.15) is 0 Å². The Bertz CT molecular complexity index is 767. The lowest BCUT2D eigenvalue weighted by molar-refractivity contribution is 0.0203. The zero-order chi connectivity index (χ0) is 16.9. The Morgan fingerprint density at radius 3 is 2.80 bits per heavy atom. The van der Waals surface area contributed by atoms with Crippen molar-refractivity contribution < 1.29 is 4.74 Å². The van der Waals surface area contributed by atoms with Crippen LogP contribution >= 0.6 is 0 Å². The molecule has 1 aliphatic carbocycles. The van der Waals surface area contributed by atoms with E-state index in [1.165, 1.54) is 12.8 Å². The monoisotopic (exact) mass is 343 g/mol. The first-order valence-corrected chi connectivity index (χ1v) is 9.39. The Morgan fingerprint density at radius 1 is 1.20 bits per heavy atom. The van der Waals surface area contributed by atoms with Crippen LogP contribution < -0.4 is 10.6 Å². The fourth-order valence-corrected chi connectivity index (χ4v) is 4.60. The van der Waals surface area contributed by atoms with Crippen LogP contribution in [0, 0.1) is 11.3 Å². The molecular weight excluding hydrogens is 318 g/mol. The van der Waals surface area contributed by atoms with Gasteiger partial charge in [0.1, 0.15) is 6.33 Å². The summed E-state index contributed by atoms with van der Waals surface area (Å²) in [6, 6.07) is 0.469. The van der Waals surface area contributed by atoms with Crippen LogP contribution in [0.25, 0.3) is 11.2 Å². The Balaban J connectivity index is 1.45. The first kappa shape index (κ1) is 15.5. The third-order valence-electron chi connectivity index (χ3n) is 6.31. The van der Waals surface area contributed by atoms with E-state index in [1.54, 1.807) is 6.33 Å². The number of ether oxygens (including phenoxy) is 1.